The first-order valence-corrected chi connectivity index (χ1v) is 8.99. The van der Waals surface area contributed by atoms with E-state index >= 15 is 0 Å². The standard InChI is InChI=1S/C15H22N2O3S/c1-11-4-5-14(21(3,19)20)13(10-11)15(18)12(2)17-8-6-16-7-9-17/h4-5,10,12,16H,6-9H2,1-3H3. The van der Waals surface area contributed by atoms with Gasteiger partial charge >= 0.3 is 0 Å². The third-order valence-corrected chi connectivity index (χ3v) is 5.03. The molecule has 6 heteroatoms. The number of Topliss-reactive ketones (excluding diaryl/α,β-unsaturated/α-hetero) is 1. The highest BCUT2D eigenvalue weighted by atomic mass is 32.2. The van der Waals surface area contributed by atoms with Crippen molar-refractivity contribution in [1.82, 2.24) is 10.2 Å². The molecule has 1 heterocycles. The Labute approximate surface area is 126 Å². The Balaban J connectivity index is 2.36. The number of nitrogens with zero attached hydrogens (tertiary/aromatic N) is 1. The van der Waals surface area contributed by atoms with Gasteiger partial charge in [0.25, 0.3) is 0 Å². The van der Waals surface area contributed by atoms with Gasteiger partial charge in [0.1, 0.15) is 0 Å². The predicted molar refractivity (Wildman–Crippen MR) is 82.5 cm³/mol. The number of piperazine rings is 1. The van der Waals surface area contributed by atoms with E-state index in [0.29, 0.717) is 5.56 Å². The van der Waals surface area contributed by atoms with Crippen LogP contribution in [0.25, 0.3) is 0 Å². The van der Waals surface area contributed by atoms with E-state index in [4.69, 9.17) is 0 Å². The van der Waals surface area contributed by atoms with Gasteiger partial charge in [-0.1, -0.05) is 11.6 Å². The first-order valence-electron chi connectivity index (χ1n) is 7.10. The zero-order valence-electron chi connectivity index (χ0n) is 12.7. The van der Waals surface area contributed by atoms with Crippen LogP contribution in [0.1, 0.15) is 22.8 Å². The van der Waals surface area contributed by atoms with Crippen molar-refractivity contribution in [2.24, 2.45) is 0 Å². The summed E-state index contributed by atoms with van der Waals surface area (Å²) in [6, 6.07) is 4.62. The van der Waals surface area contributed by atoms with Gasteiger partial charge in [0.15, 0.2) is 15.6 Å². The van der Waals surface area contributed by atoms with Crippen molar-refractivity contribution >= 4 is 15.6 Å². The SMILES string of the molecule is Cc1ccc(S(C)(=O)=O)c(C(=O)C(C)N2CCNCC2)c1. The molecule has 1 aromatic rings. The number of benzene rings is 1. The van der Waals surface area contributed by atoms with Crippen molar-refractivity contribution in [3.8, 4) is 0 Å². The van der Waals surface area contributed by atoms with Gasteiger partial charge in [0.05, 0.1) is 10.9 Å². The summed E-state index contributed by atoms with van der Waals surface area (Å²) >= 11 is 0. The van der Waals surface area contributed by atoms with Crippen molar-refractivity contribution < 1.29 is 13.2 Å². The summed E-state index contributed by atoms with van der Waals surface area (Å²) in [7, 11) is -3.41. The first kappa shape index (κ1) is 16.1. The summed E-state index contributed by atoms with van der Waals surface area (Å²) in [6.45, 7) is 7.01. The maximum absolute atomic E-state index is 12.7. The van der Waals surface area contributed by atoms with E-state index in [2.05, 4.69) is 10.2 Å². The highest BCUT2D eigenvalue weighted by Crippen LogP contribution is 2.21. The van der Waals surface area contributed by atoms with Crippen LogP contribution in [-0.4, -0.2) is 57.6 Å². The maximum atomic E-state index is 12.7. The van der Waals surface area contributed by atoms with Crippen LogP contribution in [0.2, 0.25) is 0 Å². The van der Waals surface area contributed by atoms with E-state index in [1.165, 1.54) is 6.07 Å². The fraction of sp³-hybridized carbons (Fsp3) is 0.533. The van der Waals surface area contributed by atoms with Crippen LogP contribution in [0.3, 0.4) is 0 Å². The maximum Gasteiger partial charge on any atom is 0.180 e. The number of hydrogen-bond donors (Lipinski definition) is 1. The van der Waals surface area contributed by atoms with Gasteiger partial charge in [-0.3, -0.25) is 9.69 Å². The van der Waals surface area contributed by atoms with E-state index in [1.807, 2.05) is 13.8 Å². The molecule has 1 aliphatic heterocycles. The predicted octanol–water partition coefficient (Wildman–Crippen LogP) is 0.875. The number of carbonyl (C=O) groups is 1. The molecule has 1 aliphatic rings. The highest BCUT2D eigenvalue weighted by Gasteiger charge is 2.27. The molecule has 0 radical (unpaired) electrons. The molecule has 0 amide bonds. The molecule has 1 saturated heterocycles. The molecule has 1 fully saturated rings. The number of aryl methyl sites for hydroxylation is 1. The lowest BCUT2D eigenvalue weighted by Crippen LogP contribution is -2.50. The van der Waals surface area contributed by atoms with Crippen LogP contribution in [0, 0.1) is 6.92 Å². The number of nitrogens with one attached hydrogen (secondary N) is 1. The summed E-state index contributed by atoms with van der Waals surface area (Å²) in [6.07, 6.45) is 1.14. The van der Waals surface area contributed by atoms with Crippen LogP contribution in [0.15, 0.2) is 23.1 Å². The lowest BCUT2D eigenvalue weighted by atomic mass is 10.0. The Hall–Kier alpha value is -1.24. The fourth-order valence-electron chi connectivity index (χ4n) is 2.62. The molecule has 0 spiro atoms. The van der Waals surface area contributed by atoms with Crippen LogP contribution < -0.4 is 5.32 Å². The first-order chi connectivity index (χ1) is 9.80. The summed E-state index contributed by atoms with van der Waals surface area (Å²) in [4.78, 5) is 15.0. The molecule has 0 saturated carbocycles. The van der Waals surface area contributed by atoms with Crippen LogP contribution >= 0.6 is 0 Å². The molecule has 1 aromatic carbocycles. The molecular formula is C15H22N2O3S. The Kier molecular flexibility index (Phi) is 4.81. The van der Waals surface area contributed by atoms with Crippen LogP contribution in [0.4, 0.5) is 0 Å². The zero-order valence-corrected chi connectivity index (χ0v) is 13.5. The van der Waals surface area contributed by atoms with Crippen molar-refractivity contribution in [3.63, 3.8) is 0 Å². The van der Waals surface area contributed by atoms with E-state index in [-0.39, 0.29) is 16.7 Å². The highest BCUT2D eigenvalue weighted by molar-refractivity contribution is 7.90. The third-order valence-electron chi connectivity index (χ3n) is 3.88. The molecule has 116 valence electrons. The number of carbonyl (C=O) groups excluding carboxylic acids is 1. The van der Waals surface area contributed by atoms with Crippen LogP contribution in [-0.2, 0) is 9.84 Å². The van der Waals surface area contributed by atoms with Crippen molar-refractivity contribution in [1.29, 1.82) is 0 Å². The number of rotatable bonds is 4. The molecule has 1 atom stereocenters. The topological polar surface area (TPSA) is 66.5 Å². The minimum Gasteiger partial charge on any atom is -0.314 e. The molecule has 0 aromatic heterocycles. The zero-order chi connectivity index (χ0) is 15.6. The second-order valence-corrected chi connectivity index (χ2v) is 7.58. The molecule has 5 nitrogen and oxygen atoms in total. The van der Waals surface area contributed by atoms with Gasteiger partial charge in [-0.15, -0.1) is 0 Å². The number of ketones is 1. The van der Waals surface area contributed by atoms with Gasteiger partial charge in [0, 0.05) is 38.0 Å². The molecule has 1 N–H and O–H groups in total. The van der Waals surface area contributed by atoms with E-state index in [1.54, 1.807) is 12.1 Å². The van der Waals surface area contributed by atoms with Crippen molar-refractivity contribution in [2.45, 2.75) is 24.8 Å². The van der Waals surface area contributed by atoms with Gasteiger partial charge in [-0.05, 0) is 26.0 Å². The average Bonchev–Trinajstić information content (AvgIpc) is 2.45. The second kappa shape index (κ2) is 6.25. The van der Waals surface area contributed by atoms with Crippen molar-refractivity contribution in [3.05, 3.63) is 29.3 Å². The molecule has 1 unspecified atom stereocenters. The largest absolute Gasteiger partial charge is 0.314 e. The molecule has 2 rings (SSSR count). The Bertz CT molecular complexity index is 634. The molecule has 0 bridgehead atoms. The smallest absolute Gasteiger partial charge is 0.180 e. The monoisotopic (exact) mass is 310 g/mol. The minimum absolute atomic E-state index is 0.124. The summed E-state index contributed by atoms with van der Waals surface area (Å²) in [5.74, 6) is -0.124. The second-order valence-electron chi connectivity index (χ2n) is 5.60. The van der Waals surface area contributed by atoms with E-state index in [9.17, 15) is 13.2 Å². The number of hydrogen-bond acceptors (Lipinski definition) is 5. The van der Waals surface area contributed by atoms with E-state index in [0.717, 1.165) is 38.0 Å². The summed E-state index contributed by atoms with van der Waals surface area (Å²) in [5.41, 5.74) is 1.20. The summed E-state index contributed by atoms with van der Waals surface area (Å²) < 4.78 is 23.8. The lowest BCUT2D eigenvalue weighted by Gasteiger charge is -2.32. The van der Waals surface area contributed by atoms with Crippen LogP contribution in [0.5, 0.6) is 0 Å². The summed E-state index contributed by atoms with van der Waals surface area (Å²) in [5, 5.41) is 3.24. The third kappa shape index (κ3) is 3.70. The van der Waals surface area contributed by atoms with Gasteiger partial charge in [-0.25, -0.2) is 8.42 Å². The molecule has 0 aliphatic carbocycles. The molecular weight excluding hydrogens is 288 g/mol. The Morgan fingerprint density at radius 3 is 2.48 bits per heavy atom. The fourth-order valence-corrected chi connectivity index (χ4v) is 3.49. The Morgan fingerprint density at radius 1 is 1.29 bits per heavy atom. The van der Waals surface area contributed by atoms with E-state index < -0.39 is 9.84 Å². The quantitative estimate of drug-likeness (QED) is 0.836. The number of sulfone groups is 1. The Morgan fingerprint density at radius 2 is 1.90 bits per heavy atom. The minimum atomic E-state index is -3.41. The van der Waals surface area contributed by atoms with Crippen molar-refractivity contribution in [2.75, 3.05) is 32.4 Å². The van der Waals surface area contributed by atoms with Gasteiger partial charge in [0.2, 0.25) is 0 Å². The van der Waals surface area contributed by atoms with Gasteiger partial charge < -0.3 is 5.32 Å². The van der Waals surface area contributed by atoms with Gasteiger partial charge in [-0.2, -0.15) is 0 Å². The normalized spacial score (nSPS) is 18.4. The lowest BCUT2D eigenvalue weighted by molar-refractivity contribution is 0.0816. The molecule has 21 heavy (non-hydrogen) atoms. The average molecular weight is 310 g/mol.